The summed E-state index contributed by atoms with van der Waals surface area (Å²) in [7, 11) is 0. The number of ether oxygens (including phenoxy) is 1. The topological polar surface area (TPSA) is 67.5 Å². The second-order valence-corrected chi connectivity index (χ2v) is 4.91. The maximum atomic E-state index is 9.72. The minimum atomic E-state index is -0.780. The number of imidazole rings is 1. The predicted molar refractivity (Wildman–Crippen MR) is 70.8 cm³/mol. The van der Waals surface area contributed by atoms with E-state index in [-0.39, 0.29) is 12.7 Å². The number of para-hydroxylation sites is 2. The van der Waals surface area contributed by atoms with Gasteiger partial charge in [-0.2, -0.15) is 0 Å². The van der Waals surface area contributed by atoms with Gasteiger partial charge in [0.15, 0.2) is 0 Å². The number of aromatic nitrogens is 2. The molecule has 2 atom stereocenters. The lowest BCUT2D eigenvalue weighted by Gasteiger charge is -2.15. The van der Waals surface area contributed by atoms with Crippen LogP contribution in [0.15, 0.2) is 24.3 Å². The number of aliphatic hydroxyl groups excluding tert-OH is 2. The van der Waals surface area contributed by atoms with Gasteiger partial charge >= 0.3 is 0 Å². The highest BCUT2D eigenvalue weighted by Gasteiger charge is 2.25. The lowest BCUT2D eigenvalue weighted by Crippen LogP contribution is -2.22. The van der Waals surface area contributed by atoms with Crippen LogP contribution in [-0.4, -0.2) is 39.1 Å². The van der Waals surface area contributed by atoms with Crippen LogP contribution in [0.2, 0.25) is 0 Å². The Labute approximate surface area is 111 Å². The summed E-state index contributed by atoms with van der Waals surface area (Å²) in [5, 5.41) is 18.8. The fourth-order valence-electron chi connectivity index (χ4n) is 2.58. The van der Waals surface area contributed by atoms with E-state index < -0.39 is 6.10 Å². The number of aliphatic hydroxyl groups is 2. The SMILES string of the molecule is OC[C@H](O)Cn1c([C@H]2CCCO2)nc2ccccc21. The van der Waals surface area contributed by atoms with Crippen molar-refractivity contribution in [2.45, 2.75) is 31.6 Å². The Morgan fingerprint density at radius 3 is 3.00 bits per heavy atom. The van der Waals surface area contributed by atoms with Crippen LogP contribution in [0.5, 0.6) is 0 Å². The van der Waals surface area contributed by atoms with Crippen molar-refractivity contribution < 1.29 is 14.9 Å². The molecule has 2 heterocycles. The van der Waals surface area contributed by atoms with Crippen molar-refractivity contribution in [2.24, 2.45) is 0 Å². The van der Waals surface area contributed by atoms with E-state index in [9.17, 15) is 5.11 Å². The summed E-state index contributed by atoms with van der Waals surface area (Å²) < 4.78 is 7.66. The van der Waals surface area contributed by atoms with E-state index in [0.717, 1.165) is 36.3 Å². The highest BCUT2D eigenvalue weighted by Crippen LogP contribution is 2.30. The molecule has 1 aliphatic heterocycles. The van der Waals surface area contributed by atoms with Crippen molar-refractivity contribution in [1.82, 2.24) is 9.55 Å². The molecule has 1 aliphatic rings. The molecule has 5 nitrogen and oxygen atoms in total. The quantitative estimate of drug-likeness (QED) is 0.870. The molecular weight excluding hydrogens is 244 g/mol. The van der Waals surface area contributed by atoms with Crippen molar-refractivity contribution in [1.29, 1.82) is 0 Å². The Morgan fingerprint density at radius 1 is 1.42 bits per heavy atom. The third-order valence-corrected chi connectivity index (χ3v) is 3.51. The zero-order chi connectivity index (χ0) is 13.2. The van der Waals surface area contributed by atoms with Crippen LogP contribution in [0.1, 0.15) is 24.8 Å². The fourth-order valence-corrected chi connectivity index (χ4v) is 2.58. The molecule has 2 N–H and O–H groups in total. The first-order chi connectivity index (χ1) is 9.29. The van der Waals surface area contributed by atoms with Crippen molar-refractivity contribution >= 4 is 11.0 Å². The number of benzene rings is 1. The van der Waals surface area contributed by atoms with Gasteiger partial charge in [-0.3, -0.25) is 0 Å². The molecule has 0 amide bonds. The van der Waals surface area contributed by atoms with Crippen LogP contribution in [-0.2, 0) is 11.3 Å². The van der Waals surface area contributed by atoms with Gasteiger partial charge in [0.25, 0.3) is 0 Å². The zero-order valence-electron chi connectivity index (χ0n) is 10.7. The van der Waals surface area contributed by atoms with E-state index in [0.29, 0.717) is 6.54 Å². The number of hydrogen-bond acceptors (Lipinski definition) is 4. The Balaban J connectivity index is 2.05. The molecular formula is C14H18N2O3. The molecule has 0 bridgehead atoms. The molecule has 1 saturated heterocycles. The van der Waals surface area contributed by atoms with Crippen LogP contribution in [0, 0.1) is 0 Å². The Hall–Kier alpha value is -1.43. The number of nitrogens with zero attached hydrogens (tertiary/aromatic N) is 2. The van der Waals surface area contributed by atoms with Gasteiger partial charge in [-0.05, 0) is 25.0 Å². The van der Waals surface area contributed by atoms with Gasteiger partial charge in [0, 0.05) is 6.61 Å². The van der Waals surface area contributed by atoms with Gasteiger partial charge < -0.3 is 19.5 Å². The third-order valence-electron chi connectivity index (χ3n) is 3.51. The normalized spacial score (nSPS) is 21.1. The summed E-state index contributed by atoms with van der Waals surface area (Å²) in [6.45, 7) is 0.847. The first-order valence-electron chi connectivity index (χ1n) is 6.65. The van der Waals surface area contributed by atoms with E-state index >= 15 is 0 Å². The Morgan fingerprint density at radius 2 is 2.26 bits per heavy atom. The van der Waals surface area contributed by atoms with E-state index in [1.54, 1.807) is 0 Å². The molecule has 1 aromatic carbocycles. The molecule has 1 fully saturated rings. The third kappa shape index (κ3) is 2.36. The minimum Gasteiger partial charge on any atom is -0.394 e. The summed E-state index contributed by atoms with van der Waals surface area (Å²) in [6.07, 6.45) is 1.21. The molecule has 5 heteroatoms. The van der Waals surface area contributed by atoms with E-state index in [4.69, 9.17) is 9.84 Å². The Bertz CT molecular complexity index is 561. The van der Waals surface area contributed by atoms with Crippen LogP contribution < -0.4 is 0 Å². The smallest absolute Gasteiger partial charge is 0.139 e. The molecule has 2 aromatic rings. The molecule has 3 rings (SSSR count). The molecule has 0 aliphatic carbocycles. The molecule has 1 aromatic heterocycles. The minimum absolute atomic E-state index is 0.00158. The van der Waals surface area contributed by atoms with Crippen LogP contribution >= 0.6 is 0 Å². The van der Waals surface area contributed by atoms with Crippen molar-refractivity contribution in [2.75, 3.05) is 13.2 Å². The van der Waals surface area contributed by atoms with E-state index in [2.05, 4.69) is 4.98 Å². The molecule has 19 heavy (non-hydrogen) atoms. The van der Waals surface area contributed by atoms with Crippen molar-refractivity contribution in [3.05, 3.63) is 30.1 Å². The van der Waals surface area contributed by atoms with E-state index in [1.807, 2.05) is 28.8 Å². The molecule has 0 radical (unpaired) electrons. The van der Waals surface area contributed by atoms with Gasteiger partial charge in [0.2, 0.25) is 0 Å². The Kier molecular flexibility index (Phi) is 3.50. The van der Waals surface area contributed by atoms with Gasteiger partial charge in [-0.15, -0.1) is 0 Å². The summed E-state index contributed by atoms with van der Waals surface area (Å²) >= 11 is 0. The molecule has 0 unspecified atom stereocenters. The van der Waals surface area contributed by atoms with Gasteiger partial charge in [0.1, 0.15) is 11.9 Å². The van der Waals surface area contributed by atoms with Crippen LogP contribution in [0.25, 0.3) is 11.0 Å². The average Bonchev–Trinajstić information content (AvgIpc) is 3.06. The van der Waals surface area contributed by atoms with Crippen molar-refractivity contribution in [3.8, 4) is 0 Å². The first kappa shape index (κ1) is 12.6. The lowest BCUT2D eigenvalue weighted by molar-refractivity contribution is 0.0729. The largest absolute Gasteiger partial charge is 0.394 e. The van der Waals surface area contributed by atoms with Gasteiger partial charge in [-0.25, -0.2) is 4.98 Å². The summed E-state index contributed by atoms with van der Waals surface area (Å²) in [6, 6.07) is 7.83. The number of fused-ring (bicyclic) bond motifs is 1. The molecule has 0 saturated carbocycles. The summed E-state index contributed by atoms with van der Waals surface area (Å²) in [5.41, 5.74) is 1.87. The number of hydrogen-bond donors (Lipinski definition) is 2. The van der Waals surface area contributed by atoms with Crippen LogP contribution in [0.4, 0.5) is 0 Å². The maximum Gasteiger partial charge on any atom is 0.139 e. The number of rotatable bonds is 4. The lowest BCUT2D eigenvalue weighted by atomic mass is 10.2. The zero-order valence-corrected chi connectivity index (χ0v) is 10.7. The monoisotopic (exact) mass is 262 g/mol. The second-order valence-electron chi connectivity index (χ2n) is 4.91. The standard InChI is InChI=1S/C14H18N2O3/c17-9-10(18)8-16-12-5-2-1-4-11(12)15-14(16)13-6-3-7-19-13/h1-2,4-5,10,13,17-18H,3,6-9H2/t10-,13-/m1/s1. The van der Waals surface area contributed by atoms with Gasteiger partial charge in [0.05, 0.1) is 30.3 Å². The second kappa shape index (κ2) is 5.28. The average molecular weight is 262 g/mol. The maximum absolute atomic E-state index is 9.72. The van der Waals surface area contributed by atoms with Crippen molar-refractivity contribution in [3.63, 3.8) is 0 Å². The summed E-state index contributed by atoms with van der Waals surface area (Å²) in [4.78, 5) is 4.63. The molecule has 0 spiro atoms. The molecule has 102 valence electrons. The summed E-state index contributed by atoms with van der Waals surface area (Å²) in [5.74, 6) is 0.853. The highest BCUT2D eigenvalue weighted by atomic mass is 16.5. The van der Waals surface area contributed by atoms with E-state index in [1.165, 1.54) is 0 Å². The highest BCUT2D eigenvalue weighted by molar-refractivity contribution is 5.76. The van der Waals surface area contributed by atoms with Gasteiger partial charge in [-0.1, -0.05) is 12.1 Å². The van der Waals surface area contributed by atoms with Crippen LogP contribution in [0.3, 0.4) is 0 Å². The predicted octanol–water partition coefficient (Wildman–Crippen LogP) is 1.24. The first-order valence-corrected chi connectivity index (χ1v) is 6.65. The fraction of sp³-hybridized carbons (Fsp3) is 0.500.